The van der Waals surface area contributed by atoms with Crippen LogP contribution in [0.2, 0.25) is 0 Å². The highest BCUT2D eigenvalue weighted by Gasteiger charge is 2.22. The van der Waals surface area contributed by atoms with Gasteiger partial charge in [0.05, 0.1) is 24.3 Å². The van der Waals surface area contributed by atoms with Crippen molar-refractivity contribution in [1.29, 1.82) is 5.26 Å². The van der Waals surface area contributed by atoms with E-state index in [4.69, 9.17) is 5.26 Å². The minimum absolute atomic E-state index is 0.0250. The maximum atomic E-state index is 11.4. The molecule has 5 N–H and O–H groups in total. The molecule has 0 spiro atoms. The molecule has 176 valence electrons. The summed E-state index contributed by atoms with van der Waals surface area (Å²) in [6.45, 7) is 5.97. The number of aromatic nitrogens is 3. The molecule has 0 saturated carbocycles. The Morgan fingerprint density at radius 3 is 2.64 bits per heavy atom. The van der Waals surface area contributed by atoms with E-state index in [0.717, 1.165) is 16.9 Å². The molecule has 0 radical (unpaired) electrons. The summed E-state index contributed by atoms with van der Waals surface area (Å²) < 4.78 is 11.9. The van der Waals surface area contributed by atoms with Crippen LogP contribution in [0.5, 0.6) is 0 Å². The third-order valence-corrected chi connectivity index (χ3v) is 7.20. The number of aliphatic hydroxyl groups is 1. The average molecular weight is 509 g/mol. The van der Waals surface area contributed by atoms with Crippen LogP contribution in [-0.4, -0.2) is 42.5 Å². The van der Waals surface area contributed by atoms with Gasteiger partial charge in [0.25, 0.3) is 0 Å². The summed E-state index contributed by atoms with van der Waals surface area (Å²) in [6.07, 6.45) is 0.703. The largest absolute Gasteiger partial charge is 0.429 e. The molecule has 33 heavy (non-hydrogen) atoms. The van der Waals surface area contributed by atoms with Gasteiger partial charge in [-0.05, 0) is 37.0 Å². The number of aliphatic hydroxyl groups excluding tert-OH is 1. The van der Waals surface area contributed by atoms with Crippen LogP contribution in [0.1, 0.15) is 43.6 Å². The van der Waals surface area contributed by atoms with E-state index in [2.05, 4.69) is 31.4 Å². The lowest BCUT2D eigenvalue weighted by atomic mass is 10.0. The van der Waals surface area contributed by atoms with Crippen LogP contribution >= 0.6 is 30.8 Å². The van der Waals surface area contributed by atoms with Crippen molar-refractivity contribution in [3.8, 4) is 6.07 Å². The number of rotatable bonds is 10. The van der Waals surface area contributed by atoms with E-state index in [1.54, 1.807) is 6.07 Å². The highest BCUT2D eigenvalue weighted by Crippen LogP contribution is 2.41. The first-order chi connectivity index (χ1) is 15.6. The first-order valence-electron chi connectivity index (χ1n) is 10.1. The molecule has 3 aromatic rings. The molecule has 2 unspecified atom stereocenters. The fourth-order valence-corrected chi connectivity index (χ4v) is 5.59. The van der Waals surface area contributed by atoms with Crippen molar-refractivity contribution in [3.63, 3.8) is 0 Å². The minimum atomic E-state index is -4.53. The number of benzene rings is 1. The predicted molar refractivity (Wildman–Crippen MR) is 130 cm³/mol. The van der Waals surface area contributed by atoms with Gasteiger partial charge in [-0.15, -0.1) is 0 Å². The Morgan fingerprint density at radius 2 is 2.00 bits per heavy atom. The second-order valence-corrected chi connectivity index (χ2v) is 11.5. The molecule has 1 aromatic carbocycles. The molecule has 0 aliphatic heterocycles. The van der Waals surface area contributed by atoms with Crippen molar-refractivity contribution >= 4 is 52.1 Å². The molecule has 0 bridgehead atoms. The summed E-state index contributed by atoms with van der Waals surface area (Å²) >= 11 is 2.39. The van der Waals surface area contributed by atoms with E-state index in [1.807, 2.05) is 39.0 Å². The zero-order chi connectivity index (χ0) is 24.2. The molecule has 13 heteroatoms. The van der Waals surface area contributed by atoms with Crippen LogP contribution in [0, 0.1) is 17.2 Å². The van der Waals surface area contributed by atoms with Gasteiger partial charge in [-0.1, -0.05) is 49.1 Å². The maximum Gasteiger partial charge on any atom is 0.429 e. The van der Waals surface area contributed by atoms with Gasteiger partial charge in [0.2, 0.25) is 0 Å². The zero-order valence-corrected chi connectivity index (χ0v) is 20.8. The molecule has 2 aromatic heterocycles. The van der Waals surface area contributed by atoms with E-state index in [9.17, 15) is 19.5 Å². The highest BCUT2D eigenvalue weighted by atomic mass is 32.2. The lowest BCUT2D eigenvalue weighted by Gasteiger charge is -2.19. The quantitative estimate of drug-likeness (QED) is 0.152. The van der Waals surface area contributed by atoms with Crippen molar-refractivity contribution in [3.05, 3.63) is 35.4 Å². The van der Waals surface area contributed by atoms with Crippen molar-refractivity contribution in [1.82, 2.24) is 15.0 Å². The number of nitrogens with zero attached hydrogens (tertiary/aromatic N) is 4. The SMILES string of the molecule is CC(C)CC(CO)Nc1nc(SC(C)c2cccc(C#N)c2)nc2nc(NP(=O)(O)O)sc12. The maximum absolute atomic E-state index is 11.4. The van der Waals surface area contributed by atoms with Crippen molar-refractivity contribution in [2.75, 3.05) is 17.0 Å². The van der Waals surface area contributed by atoms with Crippen LogP contribution in [0.15, 0.2) is 29.4 Å². The molecule has 0 amide bonds. The van der Waals surface area contributed by atoms with E-state index < -0.39 is 7.75 Å². The molecule has 0 aliphatic rings. The van der Waals surface area contributed by atoms with Gasteiger partial charge >= 0.3 is 7.75 Å². The topological polar surface area (TPSA) is 164 Å². The summed E-state index contributed by atoms with van der Waals surface area (Å²) in [5.41, 5.74) is 1.79. The average Bonchev–Trinajstić information content (AvgIpc) is 3.13. The molecule has 2 atom stereocenters. The monoisotopic (exact) mass is 508 g/mol. The van der Waals surface area contributed by atoms with Crippen LogP contribution < -0.4 is 10.4 Å². The Balaban J connectivity index is 1.98. The number of hydrogen-bond donors (Lipinski definition) is 5. The standard InChI is InChI=1S/C20H25N6O4PS2/c1-11(2)7-15(10-27)22-17-16-18(25-20(33-16)26-31(28,29)30)24-19(23-17)32-12(3)14-6-4-5-13(8-14)9-21/h4-6,8,11-12,15,27H,7,10H2,1-3H3,(H4,22,23,24,25,26,28,29,30). The lowest BCUT2D eigenvalue weighted by molar-refractivity contribution is 0.259. The van der Waals surface area contributed by atoms with Crippen LogP contribution in [0.4, 0.5) is 10.9 Å². The Hall–Kier alpha value is -2.26. The highest BCUT2D eigenvalue weighted by molar-refractivity contribution is 7.99. The van der Waals surface area contributed by atoms with Crippen molar-refractivity contribution in [2.45, 2.75) is 43.6 Å². The number of thiazole rings is 1. The summed E-state index contributed by atoms with van der Waals surface area (Å²) in [4.78, 5) is 31.8. The fraction of sp³-hybridized carbons (Fsp3) is 0.400. The van der Waals surface area contributed by atoms with E-state index >= 15 is 0 Å². The molecule has 0 aliphatic carbocycles. The van der Waals surface area contributed by atoms with Crippen LogP contribution in [-0.2, 0) is 4.57 Å². The lowest BCUT2D eigenvalue weighted by Crippen LogP contribution is -2.26. The predicted octanol–water partition coefficient (Wildman–Crippen LogP) is 4.13. The second kappa shape index (κ2) is 10.8. The van der Waals surface area contributed by atoms with Crippen LogP contribution in [0.25, 0.3) is 10.3 Å². The van der Waals surface area contributed by atoms with Crippen LogP contribution in [0.3, 0.4) is 0 Å². The smallest absolute Gasteiger partial charge is 0.394 e. The summed E-state index contributed by atoms with van der Waals surface area (Å²) in [5, 5.41) is 24.7. The molecule has 2 heterocycles. The van der Waals surface area contributed by atoms with Gasteiger partial charge in [0, 0.05) is 5.25 Å². The number of hydrogen-bond acceptors (Lipinski definition) is 9. The first kappa shape index (κ1) is 25.4. The Kier molecular flexibility index (Phi) is 8.28. The second-order valence-electron chi connectivity index (χ2n) is 7.83. The van der Waals surface area contributed by atoms with Gasteiger partial charge in [-0.3, -0.25) is 5.09 Å². The summed E-state index contributed by atoms with van der Waals surface area (Å²) in [5.74, 6) is 0.776. The van der Waals surface area contributed by atoms with Gasteiger partial charge < -0.3 is 20.2 Å². The third kappa shape index (κ3) is 7.11. The van der Waals surface area contributed by atoms with Crippen molar-refractivity contribution < 1.29 is 19.5 Å². The first-order valence-corrected chi connectivity index (χ1v) is 13.4. The van der Waals surface area contributed by atoms with Gasteiger partial charge in [0.1, 0.15) is 4.70 Å². The number of nitriles is 1. The molecular formula is C20H25N6O4PS2. The molecule has 0 fully saturated rings. The third-order valence-electron chi connectivity index (χ3n) is 4.56. The Labute approximate surface area is 199 Å². The number of anilines is 2. The van der Waals surface area contributed by atoms with Crippen molar-refractivity contribution in [2.24, 2.45) is 5.92 Å². The molecule has 3 rings (SSSR count). The van der Waals surface area contributed by atoms with E-state index in [1.165, 1.54) is 11.8 Å². The normalized spacial score (nSPS) is 13.6. The van der Waals surface area contributed by atoms with Gasteiger partial charge in [-0.2, -0.15) is 10.2 Å². The van der Waals surface area contributed by atoms with E-state index in [-0.39, 0.29) is 28.7 Å². The number of thioether (sulfide) groups is 1. The minimum Gasteiger partial charge on any atom is -0.394 e. The fourth-order valence-electron chi connectivity index (χ4n) is 3.16. The molecular weight excluding hydrogens is 483 g/mol. The zero-order valence-electron chi connectivity index (χ0n) is 18.3. The number of nitrogens with one attached hydrogen (secondary N) is 2. The van der Waals surface area contributed by atoms with E-state index in [0.29, 0.717) is 33.6 Å². The molecule has 0 saturated heterocycles. The molecule has 10 nitrogen and oxygen atoms in total. The number of fused-ring (bicyclic) bond motifs is 1. The summed E-state index contributed by atoms with van der Waals surface area (Å²) in [6, 6.07) is 9.16. The summed E-state index contributed by atoms with van der Waals surface area (Å²) in [7, 11) is -4.53. The Bertz CT molecular complexity index is 1210. The van der Waals surface area contributed by atoms with Gasteiger partial charge in [0.15, 0.2) is 21.8 Å². The van der Waals surface area contributed by atoms with Gasteiger partial charge in [-0.25, -0.2) is 14.5 Å². The Morgan fingerprint density at radius 1 is 1.24 bits per heavy atom.